The number of fused-ring (bicyclic) bond motifs is 1. The topological polar surface area (TPSA) is 77.8 Å². The Balaban J connectivity index is 2.40. The van der Waals surface area contributed by atoms with E-state index in [9.17, 15) is 14.7 Å². The van der Waals surface area contributed by atoms with Gasteiger partial charge in [0.25, 0.3) is 0 Å². The van der Waals surface area contributed by atoms with E-state index < -0.39 is 11.4 Å². The maximum atomic E-state index is 12.3. The minimum Gasteiger partial charge on any atom is -0.493 e. The molecule has 0 spiro atoms. The standard InChI is InChI=1S/C15H15NO5/c1-20-12-5-9-11(6-13(12)21-2)16(8-3-4-8)7-10(14(9)17)15(18)19/h5-8H,3-4H2,1-2H3,(H,18,19). The van der Waals surface area contributed by atoms with Crippen LogP contribution in [0.5, 0.6) is 11.5 Å². The zero-order valence-corrected chi connectivity index (χ0v) is 11.8. The lowest BCUT2D eigenvalue weighted by molar-refractivity contribution is 0.0695. The third-order valence-electron chi connectivity index (χ3n) is 3.71. The van der Waals surface area contributed by atoms with Gasteiger partial charge in [-0.05, 0) is 18.9 Å². The summed E-state index contributed by atoms with van der Waals surface area (Å²) in [6, 6.07) is 3.51. The molecule has 0 atom stereocenters. The number of benzene rings is 1. The second-order valence-corrected chi connectivity index (χ2v) is 5.04. The van der Waals surface area contributed by atoms with Gasteiger partial charge in [-0.1, -0.05) is 0 Å². The molecule has 1 heterocycles. The lowest BCUT2D eigenvalue weighted by atomic mass is 10.1. The fraction of sp³-hybridized carbons (Fsp3) is 0.333. The first kappa shape index (κ1) is 13.5. The molecular formula is C15H15NO5. The molecule has 0 radical (unpaired) electrons. The van der Waals surface area contributed by atoms with Gasteiger partial charge in [0.1, 0.15) is 5.56 Å². The van der Waals surface area contributed by atoms with Crippen molar-refractivity contribution in [2.24, 2.45) is 0 Å². The van der Waals surface area contributed by atoms with Gasteiger partial charge in [-0.2, -0.15) is 0 Å². The highest BCUT2D eigenvalue weighted by atomic mass is 16.5. The summed E-state index contributed by atoms with van der Waals surface area (Å²) in [5.74, 6) is -0.292. The highest BCUT2D eigenvalue weighted by Gasteiger charge is 2.27. The lowest BCUT2D eigenvalue weighted by Gasteiger charge is -2.14. The molecule has 0 amide bonds. The summed E-state index contributed by atoms with van der Waals surface area (Å²) < 4.78 is 12.3. The van der Waals surface area contributed by atoms with Gasteiger partial charge in [-0.3, -0.25) is 4.79 Å². The van der Waals surface area contributed by atoms with Crippen molar-refractivity contribution in [2.75, 3.05) is 14.2 Å². The van der Waals surface area contributed by atoms with E-state index in [0.29, 0.717) is 22.4 Å². The quantitative estimate of drug-likeness (QED) is 0.932. The van der Waals surface area contributed by atoms with E-state index in [-0.39, 0.29) is 11.6 Å². The smallest absolute Gasteiger partial charge is 0.341 e. The molecule has 1 aromatic heterocycles. The van der Waals surface area contributed by atoms with Crippen LogP contribution in [0, 0.1) is 0 Å². The average molecular weight is 289 g/mol. The predicted octanol–water partition coefficient (Wildman–Crippen LogP) is 2.05. The number of pyridine rings is 1. The molecule has 1 fully saturated rings. The summed E-state index contributed by atoms with van der Waals surface area (Å²) in [5, 5.41) is 9.54. The summed E-state index contributed by atoms with van der Waals surface area (Å²) >= 11 is 0. The van der Waals surface area contributed by atoms with E-state index in [1.807, 2.05) is 4.57 Å². The molecule has 1 aromatic carbocycles. The lowest BCUT2D eigenvalue weighted by Crippen LogP contribution is -2.18. The number of hydrogen-bond donors (Lipinski definition) is 1. The Kier molecular flexibility index (Phi) is 3.08. The largest absolute Gasteiger partial charge is 0.493 e. The van der Waals surface area contributed by atoms with Crippen LogP contribution in [0.4, 0.5) is 0 Å². The minimum absolute atomic E-state index is 0.221. The van der Waals surface area contributed by atoms with Crippen molar-refractivity contribution in [1.82, 2.24) is 4.57 Å². The second-order valence-electron chi connectivity index (χ2n) is 5.04. The van der Waals surface area contributed by atoms with E-state index >= 15 is 0 Å². The Hall–Kier alpha value is -2.50. The monoisotopic (exact) mass is 289 g/mol. The average Bonchev–Trinajstić information content (AvgIpc) is 3.30. The number of aromatic carboxylic acids is 1. The van der Waals surface area contributed by atoms with Crippen LogP contribution in [-0.4, -0.2) is 29.9 Å². The number of hydrogen-bond acceptors (Lipinski definition) is 4. The van der Waals surface area contributed by atoms with Crippen LogP contribution < -0.4 is 14.9 Å². The highest BCUT2D eigenvalue weighted by molar-refractivity contribution is 5.93. The van der Waals surface area contributed by atoms with Gasteiger partial charge in [-0.25, -0.2) is 4.79 Å². The van der Waals surface area contributed by atoms with Crippen molar-refractivity contribution < 1.29 is 19.4 Å². The van der Waals surface area contributed by atoms with Crippen molar-refractivity contribution in [3.05, 3.63) is 34.1 Å². The van der Waals surface area contributed by atoms with Gasteiger partial charge in [0.15, 0.2) is 11.5 Å². The van der Waals surface area contributed by atoms with Crippen LogP contribution in [0.3, 0.4) is 0 Å². The molecule has 6 heteroatoms. The van der Waals surface area contributed by atoms with E-state index in [1.54, 1.807) is 12.1 Å². The maximum Gasteiger partial charge on any atom is 0.341 e. The van der Waals surface area contributed by atoms with Crippen molar-refractivity contribution in [1.29, 1.82) is 0 Å². The molecule has 1 N–H and O–H groups in total. The molecule has 1 saturated carbocycles. The van der Waals surface area contributed by atoms with E-state index in [0.717, 1.165) is 12.8 Å². The number of methoxy groups -OCH3 is 2. The van der Waals surface area contributed by atoms with Crippen LogP contribution >= 0.6 is 0 Å². The first-order valence-electron chi connectivity index (χ1n) is 6.61. The molecule has 1 aliphatic rings. The first-order chi connectivity index (χ1) is 10.1. The predicted molar refractivity (Wildman–Crippen MR) is 76.5 cm³/mol. The van der Waals surface area contributed by atoms with Crippen molar-refractivity contribution in [3.8, 4) is 11.5 Å². The maximum absolute atomic E-state index is 12.3. The summed E-state index contributed by atoms with van der Waals surface area (Å²) in [6.45, 7) is 0. The first-order valence-corrected chi connectivity index (χ1v) is 6.61. The molecule has 0 unspecified atom stereocenters. The van der Waals surface area contributed by atoms with Crippen LogP contribution in [0.15, 0.2) is 23.1 Å². The van der Waals surface area contributed by atoms with Crippen molar-refractivity contribution >= 4 is 16.9 Å². The number of ether oxygens (including phenoxy) is 2. The number of carbonyl (C=O) groups is 1. The molecule has 0 bridgehead atoms. The SMILES string of the molecule is COc1cc2c(=O)c(C(=O)O)cn(C3CC3)c2cc1OC. The van der Waals surface area contributed by atoms with Gasteiger partial charge in [-0.15, -0.1) is 0 Å². The fourth-order valence-corrected chi connectivity index (χ4v) is 2.48. The number of aromatic nitrogens is 1. The third kappa shape index (κ3) is 2.12. The van der Waals surface area contributed by atoms with Crippen molar-refractivity contribution in [2.45, 2.75) is 18.9 Å². The Morgan fingerprint density at radius 2 is 1.86 bits per heavy atom. The molecule has 21 heavy (non-hydrogen) atoms. The molecule has 6 nitrogen and oxygen atoms in total. The van der Waals surface area contributed by atoms with E-state index in [1.165, 1.54) is 20.4 Å². The zero-order chi connectivity index (χ0) is 15.1. The number of rotatable bonds is 4. The molecular weight excluding hydrogens is 274 g/mol. The number of carboxylic acids is 1. The van der Waals surface area contributed by atoms with Gasteiger partial charge >= 0.3 is 5.97 Å². The van der Waals surface area contributed by atoms with Crippen LogP contribution in [0.2, 0.25) is 0 Å². The summed E-state index contributed by atoms with van der Waals surface area (Å²) in [4.78, 5) is 23.6. The van der Waals surface area contributed by atoms with Gasteiger partial charge < -0.3 is 19.1 Å². The number of carboxylic acid groups (broad SMARTS) is 1. The van der Waals surface area contributed by atoms with E-state index in [2.05, 4.69) is 0 Å². The summed E-state index contributed by atoms with van der Waals surface area (Å²) in [6.07, 6.45) is 3.38. The van der Waals surface area contributed by atoms with Gasteiger partial charge in [0.05, 0.1) is 25.1 Å². The number of nitrogens with zero attached hydrogens (tertiary/aromatic N) is 1. The Morgan fingerprint density at radius 1 is 1.24 bits per heavy atom. The molecule has 0 saturated heterocycles. The van der Waals surface area contributed by atoms with Crippen LogP contribution in [0.1, 0.15) is 29.2 Å². The molecule has 3 rings (SSSR count). The van der Waals surface area contributed by atoms with Crippen LogP contribution in [-0.2, 0) is 0 Å². The summed E-state index contributed by atoms with van der Waals surface area (Å²) in [7, 11) is 3.00. The minimum atomic E-state index is -1.22. The Labute approximate surface area is 120 Å². The third-order valence-corrected chi connectivity index (χ3v) is 3.71. The zero-order valence-electron chi connectivity index (χ0n) is 11.8. The highest BCUT2D eigenvalue weighted by Crippen LogP contribution is 2.39. The fourth-order valence-electron chi connectivity index (χ4n) is 2.48. The van der Waals surface area contributed by atoms with Gasteiger partial charge in [0.2, 0.25) is 5.43 Å². The van der Waals surface area contributed by atoms with Crippen molar-refractivity contribution in [3.63, 3.8) is 0 Å². The normalized spacial score (nSPS) is 14.2. The van der Waals surface area contributed by atoms with E-state index in [4.69, 9.17) is 9.47 Å². The summed E-state index contributed by atoms with van der Waals surface area (Å²) in [5.41, 5.74) is -0.0536. The molecule has 2 aromatic rings. The molecule has 0 aliphatic heterocycles. The van der Waals surface area contributed by atoms with Gasteiger partial charge in [0, 0.05) is 18.3 Å². The van der Waals surface area contributed by atoms with Crippen LogP contribution in [0.25, 0.3) is 10.9 Å². The molecule has 110 valence electrons. The second kappa shape index (κ2) is 4.80. The Morgan fingerprint density at radius 3 is 2.38 bits per heavy atom. The molecule has 1 aliphatic carbocycles. The Bertz CT molecular complexity index is 789.